The first-order chi connectivity index (χ1) is 15.5. The summed E-state index contributed by atoms with van der Waals surface area (Å²) in [4.78, 5) is 0. The SMILES string of the molecule is C.CC.CC.CC.CCCCCC(C)C1CCC2C(C)C(C3CCCCC3CC)CCC12C. The minimum absolute atomic E-state index is 0. The minimum Gasteiger partial charge on any atom is -0.0776 e. The van der Waals surface area contributed by atoms with Crippen molar-refractivity contribution in [1.29, 1.82) is 0 Å². The van der Waals surface area contributed by atoms with Crippen LogP contribution in [0.15, 0.2) is 0 Å². The van der Waals surface area contributed by atoms with Crippen LogP contribution < -0.4 is 0 Å². The summed E-state index contributed by atoms with van der Waals surface area (Å²) in [6.07, 6.45) is 19.5. The smallest absolute Gasteiger partial charge is 0.0264 e. The summed E-state index contributed by atoms with van der Waals surface area (Å²) in [6, 6.07) is 0. The van der Waals surface area contributed by atoms with Crippen molar-refractivity contribution in [2.45, 2.75) is 167 Å². The van der Waals surface area contributed by atoms with Gasteiger partial charge in [-0.2, -0.15) is 0 Å². The molecule has 8 atom stereocenters. The average molecular weight is 467 g/mol. The van der Waals surface area contributed by atoms with Gasteiger partial charge in [0.05, 0.1) is 0 Å². The zero-order chi connectivity index (χ0) is 24.7. The zero-order valence-corrected chi connectivity index (χ0v) is 24.7. The highest BCUT2D eigenvalue weighted by molar-refractivity contribution is 5.04. The standard InChI is InChI=1S/C26H48.3C2H6.CH4/c1-6-8-9-12-19(3)24-15-16-25-20(4)22(17-18-26(24,25)5)23-14-11-10-13-21(23)7-2;3*1-2;/h19-25H,6-18H2,1-5H3;3*1-2H3;1H4. The van der Waals surface area contributed by atoms with Gasteiger partial charge in [-0.05, 0) is 78.9 Å². The van der Waals surface area contributed by atoms with E-state index in [9.17, 15) is 0 Å². The first kappa shape index (κ1) is 35.2. The molecule has 3 fully saturated rings. The Labute approximate surface area is 213 Å². The highest BCUT2D eigenvalue weighted by atomic mass is 14.6. The van der Waals surface area contributed by atoms with Crippen LogP contribution in [-0.4, -0.2) is 0 Å². The van der Waals surface area contributed by atoms with E-state index in [1.54, 1.807) is 25.7 Å². The molecule has 0 heteroatoms. The normalized spacial score (nSPS) is 35.7. The zero-order valence-electron chi connectivity index (χ0n) is 24.7. The van der Waals surface area contributed by atoms with Crippen LogP contribution in [0.4, 0.5) is 0 Å². The van der Waals surface area contributed by atoms with Crippen molar-refractivity contribution < 1.29 is 0 Å². The van der Waals surface area contributed by atoms with Gasteiger partial charge in [0.2, 0.25) is 0 Å². The third kappa shape index (κ3) is 8.86. The minimum atomic E-state index is 0. The number of hydrogen-bond donors (Lipinski definition) is 0. The van der Waals surface area contributed by atoms with Crippen molar-refractivity contribution in [2.24, 2.45) is 46.8 Å². The van der Waals surface area contributed by atoms with Crippen LogP contribution >= 0.6 is 0 Å². The van der Waals surface area contributed by atoms with Gasteiger partial charge in [-0.15, -0.1) is 0 Å². The molecule has 3 aliphatic carbocycles. The summed E-state index contributed by atoms with van der Waals surface area (Å²) in [7, 11) is 0. The van der Waals surface area contributed by atoms with Gasteiger partial charge in [-0.25, -0.2) is 0 Å². The Morgan fingerprint density at radius 1 is 0.788 bits per heavy atom. The topological polar surface area (TPSA) is 0 Å². The highest BCUT2D eigenvalue weighted by Crippen LogP contribution is 2.63. The fourth-order valence-corrected chi connectivity index (χ4v) is 8.33. The molecular formula is C33H70. The molecule has 0 aromatic carbocycles. The van der Waals surface area contributed by atoms with Gasteiger partial charge in [-0.1, -0.05) is 135 Å². The molecular weight excluding hydrogens is 396 g/mol. The summed E-state index contributed by atoms with van der Waals surface area (Å²) in [5.41, 5.74) is 0.665. The Hall–Kier alpha value is 0. The highest BCUT2D eigenvalue weighted by Gasteiger charge is 2.54. The summed E-state index contributed by atoms with van der Waals surface area (Å²) in [6.45, 7) is 24.8. The molecule has 0 N–H and O–H groups in total. The first-order valence-corrected chi connectivity index (χ1v) is 15.5. The fourth-order valence-electron chi connectivity index (χ4n) is 8.33. The lowest BCUT2D eigenvalue weighted by molar-refractivity contribution is -0.0331. The predicted molar refractivity (Wildman–Crippen MR) is 156 cm³/mol. The first-order valence-electron chi connectivity index (χ1n) is 15.5. The molecule has 0 heterocycles. The van der Waals surface area contributed by atoms with Crippen LogP contribution in [0.1, 0.15) is 167 Å². The molecule has 8 unspecified atom stereocenters. The fraction of sp³-hybridized carbons (Fsp3) is 1.00. The van der Waals surface area contributed by atoms with E-state index in [1.165, 1.54) is 57.8 Å². The van der Waals surface area contributed by atoms with E-state index in [4.69, 9.17) is 0 Å². The molecule has 3 saturated carbocycles. The third-order valence-electron chi connectivity index (χ3n) is 9.80. The maximum absolute atomic E-state index is 2.72. The lowest BCUT2D eigenvalue weighted by Crippen LogP contribution is -2.45. The Bertz CT molecular complexity index is 426. The summed E-state index contributed by atoms with van der Waals surface area (Å²) >= 11 is 0. The molecule has 3 aliphatic rings. The Morgan fingerprint density at radius 2 is 1.39 bits per heavy atom. The molecule has 33 heavy (non-hydrogen) atoms. The van der Waals surface area contributed by atoms with Crippen LogP contribution in [0.2, 0.25) is 0 Å². The van der Waals surface area contributed by atoms with Crippen molar-refractivity contribution in [3.8, 4) is 0 Å². The summed E-state index contributed by atoms with van der Waals surface area (Å²) < 4.78 is 0. The number of hydrogen-bond acceptors (Lipinski definition) is 0. The van der Waals surface area contributed by atoms with E-state index in [-0.39, 0.29) is 7.43 Å². The van der Waals surface area contributed by atoms with Crippen molar-refractivity contribution in [2.75, 3.05) is 0 Å². The predicted octanol–water partition coefficient (Wildman–Crippen LogP) is 12.2. The van der Waals surface area contributed by atoms with Crippen LogP contribution in [0, 0.1) is 46.8 Å². The van der Waals surface area contributed by atoms with Crippen LogP contribution in [0.5, 0.6) is 0 Å². The average Bonchev–Trinajstić information content (AvgIpc) is 3.21. The van der Waals surface area contributed by atoms with E-state index < -0.39 is 0 Å². The summed E-state index contributed by atoms with van der Waals surface area (Å²) in [5, 5.41) is 0. The lowest BCUT2D eigenvalue weighted by Gasteiger charge is -2.52. The maximum atomic E-state index is 2.72. The van der Waals surface area contributed by atoms with Crippen LogP contribution in [-0.2, 0) is 0 Å². The largest absolute Gasteiger partial charge is 0.0776 e. The Balaban J connectivity index is 0. The third-order valence-corrected chi connectivity index (χ3v) is 9.80. The van der Waals surface area contributed by atoms with Crippen LogP contribution in [0.25, 0.3) is 0 Å². The van der Waals surface area contributed by atoms with Crippen molar-refractivity contribution in [3.63, 3.8) is 0 Å². The second-order valence-electron chi connectivity index (χ2n) is 10.9. The van der Waals surface area contributed by atoms with Crippen molar-refractivity contribution >= 4 is 0 Å². The van der Waals surface area contributed by atoms with E-state index in [0.29, 0.717) is 5.41 Å². The van der Waals surface area contributed by atoms with Crippen LogP contribution in [0.3, 0.4) is 0 Å². The van der Waals surface area contributed by atoms with E-state index in [0.717, 1.165) is 41.4 Å². The maximum Gasteiger partial charge on any atom is -0.0264 e. The number of unbranched alkanes of at least 4 members (excludes halogenated alkanes) is 2. The van der Waals surface area contributed by atoms with E-state index >= 15 is 0 Å². The van der Waals surface area contributed by atoms with Gasteiger partial charge in [0.15, 0.2) is 0 Å². The molecule has 202 valence electrons. The molecule has 3 rings (SSSR count). The molecule has 0 aliphatic heterocycles. The van der Waals surface area contributed by atoms with Gasteiger partial charge in [-0.3, -0.25) is 0 Å². The van der Waals surface area contributed by atoms with Gasteiger partial charge in [0.25, 0.3) is 0 Å². The number of fused-ring (bicyclic) bond motifs is 1. The van der Waals surface area contributed by atoms with E-state index in [2.05, 4.69) is 34.6 Å². The van der Waals surface area contributed by atoms with Crippen molar-refractivity contribution in [1.82, 2.24) is 0 Å². The molecule has 0 saturated heterocycles. The second kappa shape index (κ2) is 19.2. The van der Waals surface area contributed by atoms with E-state index in [1.807, 2.05) is 41.5 Å². The monoisotopic (exact) mass is 467 g/mol. The molecule has 0 nitrogen and oxygen atoms in total. The number of rotatable bonds is 7. The molecule has 0 aromatic heterocycles. The second-order valence-corrected chi connectivity index (χ2v) is 10.9. The molecule has 0 bridgehead atoms. The lowest BCUT2D eigenvalue weighted by atomic mass is 9.53. The Kier molecular flexibility index (Phi) is 20.5. The van der Waals surface area contributed by atoms with Gasteiger partial charge in [0, 0.05) is 0 Å². The van der Waals surface area contributed by atoms with Gasteiger partial charge in [0.1, 0.15) is 0 Å². The van der Waals surface area contributed by atoms with Crippen molar-refractivity contribution in [3.05, 3.63) is 0 Å². The summed E-state index contributed by atoms with van der Waals surface area (Å²) in [5.74, 6) is 7.14. The molecule has 0 amide bonds. The molecule has 0 spiro atoms. The Morgan fingerprint density at radius 3 is 1.97 bits per heavy atom. The quantitative estimate of drug-likeness (QED) is 0.327. The van der Waals surface area contributed by atoms with Gasteiger partial charge >= 0.3 is 0 Å². The van der Waals surface area contributed by atoms with Gasteiger partial charge < -0.3 is 0 Å². The molecule has 0 aromatic rings. The molecule has 0 radical (unpaired) electrons.